The highest BCUT2D eigenvalue weighted by Gasteiger charge is 2.20. The zero-order valence-electron chi connectivity index (χ0n) is 16.4. The predicted molar refractivity (Wildman–Crippen MR) is 112 cm³/mol. The molecule has 0 aliphatic carbocycles. The number of thioether (sulfide) groups is 1. The lowest BCUT2D eigenvalue weighted by Gasteiger charge is -2.10. The SMILES string of the molecule is CCS/C(NC)=C(\C#N)C(=O)Nc1ccc(S(=O)(=O)Nc2onc(C)c2C)cc1. The number of nitrogens with zero attached hydrogens (tertiary/aromatic N) is 2. The van der Waals surface area contributed by atoms with Gasteiger partial charge < -0.3 is 15.2 Å². The van der Waals surface area contributed by atoms with E-state index in [1.165, 1.54) is 36.0 Å². The van der Waals surface area contributed by atoms with Crippen molar-refractivity contribution < 1.29 is 17.7 Å². The van der Waals surface area contributed by atoms with Crippen LogP contribution in [0.2, 0.25) is 0 Å². The highest BCUT2D eigenvalue weighted by molar-refractivity contribution is 8.03. The van der Waals surface area contributed by atoms with Crippen molar-refractivity contribution in [1.29, 1.82) is 5.26 Å². The maximum absolute atomic E-state index is 12.5. The second-order valence-corrected chi connectivity index (χ2v) is 8.76. The fourth-order valence-electron chi connectivity index (χ4n) is 2.22. The summed E-state index contributed by atoms with van der Waals surface area (Å²) >= 11 is 1.34. The molecule has 0 aliphatic rings. The van der Waals surface area contributed by atoms with Gasteiger partial charge in [0.05, 0.1) is 15.6 Å². The molecular weight excluding hydrogens is 414 g/mol. The third-order valence-electron chi connectivity index (χ3n) is 3.89. The van der Waals surface area contributed by atoms with Gasteiger partial charge in [-0.1, -0.05) is 12.1 Å². The number of anilines is 2. The lowest BCUT2D eigenvalue weighted by atomic mass is 10.2. The number of sulfonamides is 1. The van der Waals surface area contributed by atoms with Gasteiger partial charge in [-0.2, -0.15) is 5.26 Å². The van der Waals surface area contributed by atoms with Crippen LogP contribution in [0.1, 0.15) is 18.2 Å². The topological polar surface area (TPSA) is 137 Å². The van der Waals surface area contributed by atoms with Gasteiger partial charge in [0.15, 0.2) is 0 Å². The summed E-state index contributed by atoms with van der Waals surface area (Å²) in [5, 5.41) is 18.9. The van der Waals surface area contributed by atoms with Crippen LogP contribution in [0.25, 0.3) is 0 Å². The molecule has 154 valence electrons. The number of rotatable bonds is 8. The zero-order valence-corrected chi connectivity index (χ0v) is 18.0. The average Bonchev–Trinajstić information content (AvgIpc) is 3.00. The maximum atomic E-state index is 12.5. The summed E-state index contributed by atoms with van der Waals surface area (Å²) in [6.45, 7) is 5.30. The lowest BCUT2D eigenvalue weighted by Crippen LogP contribution is -2.19. The standard InChI is InChI=1S/C18H21N5O4S2/c1-5-28-18(20-4)15(10-19)16(24)21-13-6-8-14(9-7-13)29(25,26)23-17-11(2)12(3)22-27-17/h6-9,20,23H,5H2,1-4H3,(H,21,24)/b18-15+. The van der Waals surface area contributed by atoms with Crippen LogP contribution in [0.5, 0.6) is 0 Å². The van der Waals surface area contributed by atoms with Crippen molar-refractivity contribution in [1.82, 2.24) is 10.5 Å². The molecule has 29 heavy (non-hydrogen) atoms. The molecule has 3 N–H and O–H groups in total. The van der Waals surface area contributed by atoms with E-state index in [2.05, 4.69) is 20.5 Å². The molecule has 0 unspecified atom stereocenters. The summed E-state index contributed by atoms with van der Waals surface area (Å²) < 4.78 is 32.3. The molecule has 1 aromatic carbocycles. The maximum Gasteiger partial charge on any atom is 0.269 e. The minimum Gasteiger partial charge on any atom is -0.382 e. The van der Waals surface area contributed by atoms with Gasteiger partial charge in [0, 0.05) is 18.3 Å². The normalized spacial score (nSPS) is 12.0. The molecule has 11 heteroatoms. The Morgan fingerprint density at radius 2 is 1.93 bits per heavy atom. The molecule has 0 atom stereocenters. The summed E-state index contributed by atoms with van der Waals surface area (Å²) in [4.78, 5) is 12.4. The summed E-state index contributed by atoms with van der Waals surface area (Å²) in [5.74, 6) is 0.161. The fourth-order valence-corrected chi connectivity index (χ4v) is 3.98. The van der Waals surface area contributed by atoms with Crippen molar-refractivity contribution in [3.8, 4) is 6.07 Å². The minimum absolute atomic E-state index is 0.0162. The Labute approximate surface area is 173 Å². The number of hydrogen-bond donors (Lipinski definition) is 3. The van der Waals surface area contributed by atoms with Gasteiger partial charge in [-0.05, 0) is 43.9 Å². The van der Waals surface area contributed by atoms with E-state index in [-0.39, 0.29) is 16.4 Å². The number of benzene rings is 1. The first-order chi connectivity index (χ1) is 13.7. The van der Waals surface area contributed by atoms with Crippen molar-refractivity contribution in [3.05, 3.63) is 46.1 Å². The van der Waals surface area contributed by atoms with E-state index in [4.69, 9.17) is 4.52 Å². The summed E-state index contributed by atoms with van der Waals surface area (Å²) in [6.07, 6.45) is 0. The van der Waals surface area contributed by atoms with Crippen molar-refractivity contribution in [2.45, 2.75) is 25.7 Å². The second-order valence-electron chi connectivity index (χ2n) is 5.81. The highest BCUT2D eigenvalue weighted by atomic mass is 32.2. The number of nitrogens with one attached hydrogen (secondary N) is 3. The molecule has 0 bridgehead atoms. The molecule has 0 aliphatic heterocycles. The van der Waals surface area contributed by atoms with Crippen LogP contribution in [0.3, 0.4) is 0 Å². The third-order valence-corrected chi connectivity index (χ3v) is 6.22. The zero-order chi connectivity index (χ0) is 21.6. The van der Waals surface area contributed by atoms with E-state index >= 15 is 0 Å². The van der Waals surface area contributed by atoms with Crippen molar-refractivity contribution in [2.24, 2.45) is 0 Å². The van der Waals surface area contributed by atoms with E-state index in [1.807, 2.05) is 13.0 Å². The summed E-state index contributed by atoms with van der Waals surface area (Å²) in [7, 11) is -2.25. The summed E-state index contributed by atoms with van der Waals surface area (Å²) in [6, 6.07) is 7.44. The molecule has 1 aromatic heterocycles. The van der Waals surface area contributed by atoms with E-state index in [0.717, 1.165) is 0 Å². The van der Waals surface area contributed by atoms with Gasteiger partial charge in [-0.25, -0.2) is 13.1 Å². The van der Waals surface area contributed by atoms with Crippen molar-refractivity contribution >= 4 is 39.3 Å². The molecule has 2 aromatic rings. The van der Waals surface area contributed by atoms with Crippen LogP contribution in [0.4, 0.5) is 11.6 Å². The monoisotopic (exact) mass is 435 g/mol. The molecular formula is C18H21N5O4S2. The van der Waals surface area contributed by atoms with E-state index in [0.29, 0.717) is 27.7 Å². The fraction of sp³-hybridized carbons (Fsp3) is 0.278. The van der Waals surface area contributed by atoms with Gasteiger partial charge in [-0.3, -0.25) is 4.79 Å². The van der Waals surface area contributed by atoms with Crippen LogP contribution in [-0.2, 0) is 14.8 Å². The van der Waals surface area contributed by atoms with Crippen LogP contribution in [0, 0.1) is 25.2 Å². The molecule has 2 rings (SSSR count). The van der Waals surface area contributed by atoms with Crippen molar-refractivity contribution in [3.63, 3.8) is 0 Å². The van der Waals surface area contributed by atoms with Gasteiger partial charge in [0.2, 0.25) is 5.88 Å². The van der Waals surface area contributed by atoms with Crippen molar-refractivity contribution in [2.75, 3.05) is 22.8 Å². The van der Waals surface area contributed by atoms with Gasteiger partial charge in [-0.15, -0.1) is 11.8 Å². The molecule has 0 spiro atoms. The first-order valence-corrected chi connectivity index (χ1v) is 11.0. The van der Waals surface area contributed by atoms with Gasteiger partial charge in [0.25, 0.3) is 15.9 Å². The Hall–Kier alpha value is -2.97. The number of carbonyl (C=O) groups is 1. The average molecular weight is 436 g/mol. The first kappa shape index (κ1) is 22.3. The molecule has 0 saturated carbocycles. The van der Waals surface area contributed by atoms with E-state index in [1.54, 1.807) is 20.9 Å². The lowest BCUT2D eigenvalue weighted by molar-refractivity contribution is -0.112. The Bertz CT molecular complexity index is 1070. The molecule has 0 fully saturated rings. The largest absolute Gasteiger partial charge is 0.382 e. The van der Waals surface area contributed by atoms with Gasteiger partial charge >= 0.3 is 0 Å². The van der Waals surface area contributed by atoms with Crippen LogP contribution in [-0.4, -0.2) is 32.3 Å². The molecule has 1 amide bonds. The summed E-state index contributed by atoms with van der Waals surface area (Å²) in [5.41, 5.74) is 1.49. The number of aromatic nitrogens is 1. The van der Waals surface area contributed by atoms with Crippen LogP contribution < -0.4 is 15.4 Å². The second kappa shape index (κ2) is 9.49. The first-order valence-electron chi connectivity index (χ1n) is 8.55. The Balaban J connectivity index is 2.18. The molecule has 9 nitrogen and oxygen atoms in total. The quantitative estimate of drug-likeness (QED) is 0.425. The number of amides is 1. The molecule has 0 radical (unpaired) electrons. The Morgan fingerprint density at radius 3 is 2.41 bits per heavy atom. The Kier molecular flexibility index (Phi) is 7.30. The Morgan fingerprint density at radius 1 is 1.28 bits per heavy atom. The van der Waals surface area contributed by atoms with Gasteiger partial charge in [0.1, 0.15) is 11.6 Å². The predicted octanol–water partition coefficient (Wildman–Crippen LogP) is 2.74. The van der Waals surface area contributed by atoms with Crippen LogP contribution in [0.15, 0.2) is 44.3 Å². The third kappa shape index (κ3) is 5.30. The smallest absolute Gasteiger partial charge is 0.269 e. The number of nitriles is 1. The van der Waals surface area contributed by atoms with E-state index in [9.17, 15) is 18.5 Å². The molecule has 1 heterocycles. The number of hydrogen-bond acceptors (Lipinski definition) is 8. The minimum atomic E-state index is -3.88. The van der Waals surface area contributed by atoms with Crippen LogP contribution >= 0.6 is 11.8 Å². The number of carbonyl (C=O) groups excluding carboxylic acids is 1. The van der Waals surface area contributed by atoms with E-state index < -0.39 is 15.9 Å². The molecule has 0 saturated heterocycles. The number of aryl methyl sites for hydroxylation is 1. The highest BCUT2D eigenvalue weighted by Crippen LogP contribution is 2.23.